The summed E-state index contributed by atoms with van der Waals surface area (Å²) in [4.78, 5) is 13.4. The highest BCUT2D eigenvalue weighted by atomic mass is 15.0. The maximum atomic E-state index is 6.31. The number of nitrogens with one attached hydrogen (secondary N) is 3. The molecule has 0 aliphatic carbocycles. The van der Waals surface area contributed by atoms with Gasteiger partial charge >= 0.3 is 0 Å². The van der Waals surface area contributed by atoms with Crippen LogP contribution in [0.4, 0.5) is 11.6 Å². The van der Waals surface area contributed by atoms with Crippen molar-refractivity contribution in [3.63, 3.8) is 0 Å². The number of anilines is 2. The van der Waals surface area contributed by atoms with Crippen molar-refractivity contribution in [1.29, 1.82) is 0 Å². The quantitative estimate of drug-likeness (QED) is 0.452. The molecule has 2 aromatic rings. The van der Waals surface area contributed by atoms with Crippen molar-refractivity contribution in [2.24, 2.45) is 10.7 Å². The van der Waals surface area contributed by atoms with E-state index in [-0.39, 0.29) is 5.54 Å². The Labute approximate surface area is 179 Å². The minimum Gasteiger partial charge on any atom is -0.370 e. The molecule has 0 fully saturated rings. The number of hydrogen-bond donors (Lipinski definition) is 4. The van der Waals surface area contributed by atoms with E-state index in [0.29, 0.717) is 13.1 Å². The van der Waals surface area contributed by atoms with Gasteiger partial charge in [-0.3, -0.25) is 0 Å². The number of nitrogens with zero attached hydrogens (tertiary/aromatic N) is 3. The van der Waals surface area contributed by atoms with Crippen molar-refractivity contribution in [3.8, 4) is 0 Å². The fourth-order valence-corrected chi connectivity index (χ4v) is 3.25. The first-order valence-electron chi connectivity index (χ1n) is 10.8. The van der Waals surface area contributed by atoms with Crippen LogP contribution in [0, 0.1) is 0 Å². The SMILES string of the molecule is CCCNc1ccc(CNc2ccc(CNC3=CCC(N)(CCC)C=N3)cn2)cn1. The molecule has 0 spiro atoms. The van der Waals surface area contributed by atoms with Gasteiger partial charge in [0.1, 0.15) is 17.5 Å². The fraction of sp³-hybridized carbons (Fsp3) is 0.435. The molecule has 30 heavy (non-hydrogen) atoms. The lowest BCUT2D eigenvalue weighted by molar-refractivity contribution is 0.516. The topological polar surface area (TPSA) is 100 Å². The maximum Gasteiger partial charge on any atom is 0.126 e. The number of aromatic nitrogens is 2. The van der Waals surface area contributed by atoms with Crippen LogP contribution in [-0.4, -0.2) is 28.3 Å². The van der Waals surface area contributed by atoms with Crippen LogP contribution >= 0.6 is 0 Å². The third-order valence-corrected chi connectivity index (χ3v) is 5.00. The molecule has 2 aromatic heterocycles. The Morgan fingerprint density at radius 2 is 1.57 bits per heavy atom. The Morgan fingerprint density at radius 1 is 0.900 bits per heavy atom. The molecule has 0 radical (unpaired) electrons. The largest absolute Gasteiger partial charge is 0.370 e. The highest BCUT2D eigenvalue weighted by Gasteiger charge is 2.23. The summed E-state index contributed by atoms with van der Waals surface area (Å²) >= 11 is 0. The highest BCUT2D eigenvalue weighted by molar-refractivity contribution is 5.72. The van der Waals surface area contributed by atoms with Crippen LogP contribution in [0.25, 0.3) is 0 Å². The van der Waals surface area contributed by atoms with Gasteiger partial charge in [0.05, 0.1) is 5.54 Å². The third-order valence-electron chi connectivity index (χ3n) is 5.00. The molecule has 5 N–H and O–H groups in total. The molecule has 1 aliphatic rings. The van der Waals surface area contributed by atoms with Crippen molar-refractivity contribution in [3.05, 3.63) is 59.7 Å². The number of hydrogen-bond acceptors (Lipinski definition) is 7. The van der Waals surface area contributed by atoms with Crippen LogP contribution in [-0.2, 0) is 13.1 Å². The Morgan fingerprint density at radius 3 is 2.10 bits per heavy atom. The molecule has 7 nitrogen and oxygen atoms in total. The second kappa shape index (κ2) is 10.7. The van der Waals surface area contributed by atoms with E-state index in [1.807, 2.05) is 30.7 Å². The molecule has 3 heterocycles. The smallest absolute Gasteiger partial charge is 0.126 e. The van der Waals surface area contributed by atoms with Gasteiger partial charge in [0.15, 0.2) is 0 Å². The molecular formula is C23H33N7. The lowest BCUT2D eigenvalue weighted by Gasteiger charge is -2.26. The number of nitrogens with two attached hydrogens (primary N) is 1. The summed E-state index contributed by atoms with van der Waals surface area (Å²) < 4.78 is 0. The first kappa shape index (κ1) is 21.8. The van der Waals surface area contributed by atoms with Crippen LogP contribution in [0.2, 0.25) is 0 Å². The van der Waals surface area contributed by atoms with E-state index < -0.39 is 0 Å². The van der Waals surface area contributed by atoms with Crippen molar-refractivity contribution >= 4 is 17.9 Å². The molecule has 0 amide bonds. The van der Waals surface area contributed by atoms with Gasteiger partial charge < -0.3 is 21.7 Å². The van der Waals surface area contributed by atoms with Gasteiger partial charge in [-0.15, -0.1) is 0 Å². The lowest BCUT2D eigenvalue weighted by Crippen LogP contribution is -2.42. The Bertz CT molecular complexity index is 843. The standard InChI is InChI=1S/C23H33N7/c1-3-10-23(24)11-9-22(30-17-23)29-16-19-6-8-21(28-15-19)27-14-18-5-7-20(26-13-18)25-12-4-2/h5-9,13,15,17,29H,3-4,10-12,14,16,24H2,1-2H3,(H,25,26)(H,27,28). The van der Waals surface area contributed by atoms with E-state index in [4.69, 9.17) is 5.73 Å². The first-order valence-corrected chi connectivity index (χ1v) is 10.8. The molecule has 1 unspecified atom stereocenters. The number of pyridine rings is 2. The fourth-order valence-electron chi connectivity index (χ4n) is 3.25. The zero-order valence-corrected chi connectivity index (χ0v) is 18.0. The minimum absolute atomic E-state index is 0.295. The summed E-state index contributed by atoms with van der Waals surface area (Å²) in [7, 11) is 0. The van der Waals surface area contributed by atoms with Gasteiger partial charge in [0.2, 0.25) is 0 Å². The molecule has 0 aromatic carbocycles. The summed E-state index contributed by atoms with van der Waals surface area (Å²) in [5.41, 5.74) is 8.23. The van der Waals surface area contributed by atoms with E-state index in [2.05, 4.69) is 63.0 Å². The van der Waals surface area contributed by atoms with E-state index in [9.17, 15) is 0 Å². The monoisotopic (exact) mass is 407 g/mol. The summed E-state index contributed by atoms with van der Waals surface area (Å²) in [5, 5.41) is 9.96. The van der Waals surface area contributed by atoms with Gasteiger partial charge in [0, 0.05) is 38.2 Å². The average molecular weight is 408 g/mol. The van der Waals surface area contributed by atoms with E-state index in [1.165, 1.54) is 0 Å². The summed E-state index contributed by atoms with van der Waals surface area (Å²) in [6.45, 7) is 6.58. The third kappa shape index (κ3) is 6.56. The molecule has 0 bridgehead atoms. The van der Waals surface area contributed by atoms with Gasteiger partial charge in [-0.05, 0) is 48.6 Å². The second-order valence-electron chi connectivity index (χ2n) is 7.77. The maximum absolute atomic E-state index is 6.31. The van der Waals surface area contributed by atoms with E-state index in [0.717, 1.165) is 60.8 Å². The first-order chi connectivity index (χ1) is 14.6. The molecule has 0 saturated carbocycles. The van der Waals surface area contributed by atoms with Crippen molar-refractivity contribution in [2.45, 2.75) is 58.2 Å². The molecule has 7 heteroatoms. The van der Waals surface area contributed by atoms with Gasteiger partial charge in [0.25, 0.3) is 0 Å². The molecule has 160 valence electrons. The average Bonchev–Trinajstić information content (AvgIpc) is 2.77. The normalized spacial score (nSPS) is 18.0. The molecule has 0 saturated heterocycles. The van der Waals surface area contributed by atoms with E-state index >= 15 is 0 Å². The van der Waals surface area contributed by atoms with Gasteiger partial charge in [-0.25, -0.2) is 15.0 Å². The van der Waals surface area contributed by atoms with Crippen molar-refractivity contribution in [2.75, 3.05) is 17.2 Å². The van der Waals surface area contributed by atoms with Crippen LogP contribution in [0.1, 0.15) is 50.7 Å². The molecule has 1 atom stereocenters. The molecule has 1 aliphatic heterocycles. The Hall–Kier alpha value is -2.93. The minimum atomic E-state index is -0.295. The van der Waals surface area contributed by atoms with E-state index in [1.54, 1.807) is 0 Å². The zero-order valence-electron chi connectivity index (χ0n) is 18.0. The number of aliphatic imine (C=N–C) groups is 1. The van der Waals surface area contributed by atoms with Crippen LogP contribution in [0.3, 0.4) is 0 Å². The zero-order chi connectivity index (χ0) is 21.2. The van der Waals surface area contributed by atoms with Crippen LogP contribution in [0.5, 0.6) is 0 Å². The second-order valence-corrected chi connectivity index (χ2v) is 7.77. The summed E-state index contributed by atoms with van der Waals surface area (Å²) in [6.07, 6.45) is 11.6. The Kier molecular flexibility index (Phi) is 7.79. The predicted octanol–water partition coefficient (Wildman–Crippen LogP) is 3.81. The van der Waals surface area contributed by atoms with Crippen molar-refractivity contribution in [1.82, 2.24) is 15.3 Å². The summed E-state index contributed by atoms with van der Waals surface area (Å²) in [6, 6.07) is 8.14. The molecular weight excluding hydrogens is 374 g/mol. The van der Waals surface area contributed by atoms with Gasteiger partial charge in [-0.2, -0.15) is 0 Å². The lowest BCUT2D eigenvalue weighted by atomic mass is 9.91. The number of rotatable bonds is 11. The van der Waals surface area contributed by atoms with Crippen LogP contribution < -0.4 is 21.7 Å². The van der Waals surface area contributed by atoms with Crippen molar-refractivity contribution < 1.29 is 0 Å². The predicted molar refractivity (Wildman–Crippen MR) is 124 cm³/mol. The molecule has 3 rings (SSSR count). The Balaban J connectivity index is 1.43. The highest BCUT2D eigenvalue weighted by Crippen LogP contribution is 2.18. The summed E-state index contributed by atoms with van der Waals surface area (Å²) in [5.74, 6) is 2.63. The van der Waals surface area contributed by atoms with Gasteiger partial charge in [-0.1, -0.05) is 32.4 Å². The van der Waals surface area contributed by atoms with Crippen LogP contribution in [0.15, 0.2) is 53.5 Å².